The van der Waals surface area contributed by atoms with E-state index in [1.54, 1.807) is 25.6 Å². The molecular formula is C24H23N5O4S. The Morgan fingerprint density at radius 1 is 1.21 bits per heavy atom. The van der Waals surface area contributed by atoms with Crippen molar-refractivity contribution in [3.05, 3.63) is 76.5 Å². The molecule has 4 heterocycles. The van der Waals surface area contributed by atoms with Crippen LogP contribution in [-0.4, -0.2) is 53.9 Å². The molecule has 1 fully saturated rings. The first-order valence-corrected chi connectivity index (χ1v) is 11.7. The smallest absolute Gasteiger partial charge is 0.257 e. The predicted octanol–water partition coefficient (Wildman–Crippen LogP) is 3.00. The number of thiazole rings is 1. The number of carbonyl (C=O) groups excluding carboxylic acids is 1. The molecule has 0 spiro atoms. The van der Waals surface area contributed by atoms with Gasteiger partial charge in [-0.1, -0.05) is 17.4 Å². The van der Waals surface area contributed by atoms with Crippen LogP contribution in [0.3, 0.4) is 0 Å². The fourth-order valence-electron chi connectivity index (χ4n) is 3.86. The summed E-state index contributed by atoms with van der Waals surface area (Å²) in [5.41, 5.74) is 2.48. The lowest BCUT2D eigenvalue weighted by atomic mass is 10.2. The highest BCUT2D eigenvalue weighted by atomic mass is 32.1. The first kappa shape index (κ1) is 22.1. The molecule has 9 nitrogen and oxygen atoms in total. The number of nitrogens with zero attached hydrogens (tertiary/aromatic N) is 4. The zero-order valence-corrected chi connectivity index (χ0v) is 19.4. The maximum atomic E-state index is 12.9. The summed E-state index contributed by atoms with van der Waals surface area (Å²) >= 11 is 1.38. The Bertz CT molecular complexity index is 1380. The maximum absolute atomic E-state index is 12.9. The van der Waals surface area contributed by atoms with Gasteiger partial charge < -0.3 is 18.9 Å². The second-order valence-corrected chi connectivity index (χ2v) is 8.74. The van der Waals surface area contributed by atoms with E-state index in [9.17, 15) is 9.59 Å². The second-order valence-electron chi connectivity index (χ2n) is 7.74. The van der Waals surface area contributed by atoms with Crippen LogP contribution in [0.4, 0.5) is 10.8 Å². The average molecular weight is 478 g/mol. The fourth-order valence-corrected chi connectivity index (χ4v) is 4.88. The Morgan fingerprint density at radius 2 is 2.06 bits per heavy atom. The van der Waals surface area contributed by atoms with Crippen LogP contribution in [-0.2, 0) is 11.3 Å². The van der Waals surface area contributed by atoms with Crippen LogP contribution in [0, 0.1) is 0 Å². The summed E-state index contributed by atoms with van der Waals surface area (Å²) in [4.78, 5) is 36.5. The van der Waals surface area contributed by atoms with Crippen LogP contribution < -0.4 is 20.5 Å². The Morgan fingerprint density at radius 3 is 2.79 bits per heavy atom. The van der Waals surface area contributed by atoms with Crippen molar-refractivity contribution in [1.82, 2.24) is 14.5 Å². The normalized spacial score (nSPS) is 13.7. The Hall–Kier alpha value is -3.76. The lowest BCUT2D eigenvalue weighted by molar-refractivity contribution is 0.102. The molecule has 4 aromatic rings. The summed E-state index contributed by atoms with van der Waals surface area (Å²) in [7, 11) is 1.60. The molecule has 0 radical (unpaired) electrons. The van der Waals surface area contributed by atoms with Gasteiger partial charge in [-0.15, -0.1) is 0 Å². The first-order chi connectivity index (χ1) is 16.6. The Kier molecular flexibility index (Phi) is 6.24. The zero-order valence-electron chi connectivity index (χ0n) is 18.6. The fraction of sp³-hybridized carbons (Fsp3) is 0.250. The third-order valence-corrected chi connectivity index (χ3v) is 6.59. The highest BCUT2D eigenvalue weighted by molar-refractivity contribution is 7.23. The van der Waals surface area contributed by atoms with Crippen molar-refractivity contribution in [2.24, 2.45) is 0 Å². The third-order valence-electron chi connectivity index (χ3n) is 5.59. The standard InChI is InChI=1S/C24H23N5O4S/c1-32-19-6-5-18(28-10-12-33-13-11-28)22-21(19)26-24(34-22)27-23(31)16-7-9-29(20(30)14-16)15-17-4-2-3-8-25-17/h2-9,14H,10-13,15H2,1H3,(H,26,27,31). The molecule has 3 aromatic heterocycles. The number of aromatic nitrogens is 3. The van der Waals surface area contributed by atoms with Crippen LogP contribution >= 0.6 is 11.3 Å². The van der Waals surface area contributed by atoms with Crippen molar-refractivity contribution in [2.75, 3.05) is 43.6 Å². The number of morpholine rings is 1. The number of fused-ring (bicyclic) bond motifs is 1. The molecule has 1 aromatic carbocycles. The van der Waals surface area contributed by atoms with E-state index in [4.69, 9.17) is 9.47 Å². The third kappa shape index (κ3) is 4.50. The number of amides is 1. The summed E-state index contributed by atoms with van der Waals surface area (Å²) in [6.45, 7) is 3.25. The average Bonchev–Trinajstić information content (AvgIpc) is 3.29. The lowest BCUT2D eigenvalue weighted by Gasteiger charge is -2.29. The minimum absolute atomic E-state index is 0.266. The van der Waals surface area contributed by atoms with Crippen LogP contribution in [0.25, 0.3) is 10.2 Å². The molecule has 0 atom stereocenters. The van der Waals surface area contributed by atoms with Crippen molar-refractivity contribution in [3.63, 3.8) is 0 Å². The number of nitrogens with one attached hydrogen (secondary N) is 1. The molecule has 1 saturated heterocycles. The lowest BCUT2D eigenvalue weighted by Crippen LogP contribution is -2.36. The highest BCUT2D eigenvalue weighted by Gasteiger charge is 2.20. The van der Waals surface area contributed by atoms with Gasteiger partial charge in [-0.2, -0.15) is 0 Å². The van der Waals surface area contributed by atoms with Crippen LogP contribution in [0.15, 0.2) is 59.7 Å². The minimum atomic E-state index is -0.395. The van der Waals surface area contributed by atoms with Crippen molar-refractivity contribution < 1.29 is 14.3 Å². The van der Waals surface area contributed by atoms with E-state index in [0.29, 0.717) is 36.2 Å². The van der Waals surface area contributed by atoms with Gasteiger partial charge in [0, 0.05) is 37.1 Å². The molecule has 1 aliphatic rings. The molecular weight excluding hydrogens is 454 g/mol. The number of rotatable bonds is 6. The molecule has 5 rings (SSSR count). The van der Waals surface area contributed by atoms with E-state index >= 15 is 0 Å². The van der Waals surface area contributed by atoms with Gasteiger partial charge in [0.25, 0.3) is 11.5 Å². The topological polar surface area (TPSA) is 98.6 Å². The molecule has 174 valence electrons. The highest BCUT2D eigenvalue weighted by Crippen LogP contribution is 2.39. The number of methoxy groups -OCH3 is 1. The molecule has 34 heavy (non-hydrogen) atoms. The zero-order chi connectivity index (χ0) is 23.5. The molecule has 0 aliphatic carbocycles. The van der Waals surface area contributed by atoms with Gasteiger partial charge in [-0.05, 0) is 30.3 Å². The number of hydrogen-bond acceptors (Lipinski definition) is 8. The first-order valence-electron chi connectivity index (χ1n) is 10.8. The van der Waals surface area contributed by atoms with Gasteiger partial charge in [0.15, 0.2) is 5.13 Å². The number of ether oxygens (including phenoxy) is 2. The van der Waals surface area contributed by atoms with E-state index in [1.807, 2.05) is 30.3 Å². The SMILES string of the molecule is COc1ccc(N2CCOCC2)c2sc(NC(=O)c3ccn(Cc4ccccn4)c(=O)c3)nc12. The van der Waals surface area contributed by atoms with Crippen LogP contribution in [0.5, 0.6) is 5.75 Å². The van der Waals surface area contributed by atoms with Crippen LogP contribution in [0.2, 0.25) is 0 Å². The number of anilines is 2. The number of hydrogen-bond donors (Lipinski definition) is 1. The molecule has 0 unspecified atom stereocenters. The predicted molar refractivity (Wildman–Crippen MR) is 131 cm³/mol. The van der Waals surface area contributed by atoms with Gasteiger partial charge in [0.1, 0.15) is 11.3 Å². The second kappa shape index (κ2) is 9.62. The Labute approximate surface area is 199 Å². The molecule has 1 amide bonds. The quantitative estimate of drug-likeness (QED) is 0.456. The monoisotopic (exact) mass is 477 g/mol. The Balaban J connectivity index is 1.39. The van der Waals surface area contributed by atoms with Crippen molar-refractivity contribution >= 4 is 38.3 Å². The summed E-state index contributed by atoms with van der Waals surface area (Å²) in [5.74, 6) is 0.244. The number of pyridine rings is 2. The van der Waals surface area contributed by atoms with Gasteiger partial charge in [-0.25, -0.2) is 4.98 Å². The molecule has 10 heteroatoms. The molecule has 0 bridgehead atoms. The van der Waals surface area contributed by atoms with Crippen molar-refractivity contribution in [1.29, 1.82) is 0 Å². The van der Waals surface area contributed by atoms with Gasteiger partial charge in [0.2, 0.25) is 0 Å². The summed E-state index contributed by atoms with van der Waals surface area (Å²) < 4.78 is 13.4. The van der Waals surface area contributed by atoms with E-state index in [1.165, 1.54) is 22.0 Å². The maximum Gasteiger partial charge on any atom is 0.257 e. The number of carbonyl (C=O) groups is 1. The van der Waals surface area contributed by atoms with Gasteiger partial charge in [0.05, 0.1) is 42.9 Å². The van der Waals surface area contributed by atoms with Crippen molar-refractivity contribution in [3.8, 4) is 5.75 Å². The van der Waals surface area contributed by atoms with E-state index in [-0.39, 0.29) is 11.1 Å². The number of benzene rings is 1. The van der Waals surface area contributed by atoms with Gasteiger partial charge in [-0.3, -0.25) is 19.9 Å². The summed E-state index contributed by atoms with van der Waals surface area (Å²) in [6, 6.07) is 12.4. The summed E-state index contributed by atoms with van der Waals surface area (Å²) in [5, 5.41) is 3.28. The minimum Gasteiger partial charge on any atom is -0.494 e. The molecule has 1 aliphatic heterocycles. The molecule has 0 saturated carbocycles. The van der Waals surface area contributed by atoms with E-state index < -0.39 is 5.91 Å². The van der Waals surface area contributed by atoms with E-state index in [0.717, 1.165) is 29.2 Å². The van der Waals surface area contributed by atoms with E-state index in [2.05, 4.69) is 20.2 Å². The molecule has 1 N–H and O–H groups in total. The largest absolute Gasteiger partial charge is 0.494 e. The van der Waals surface area contributed by atoms with Crippen molar-refractivity contribution in [2.45, 2.75) is 6.54 Å². The van der Waals surface area contributed by atoms with Crippen LogP contribution in [0.1, 0.15) is 16.1 Å². The summed E-state index contributed by atoms with van der Waals surface area (Å²) in [6.07, 6.45) is 3.28. The van der Waals surface area contributed by atoms with Gasteiger partial charge >= 0.3 is 0 Å².